The normalized spacial score (nSPS) is 22.4. The Bertz CT molecular complexity index is 1480. The molecule has 0 atom stereocenters. The van der Waals surface area contributed by atoms with Crippen LogP contribution < -0.4 is 4.90 Å². The molecule has 4 aliphatic carbocycles. The smallest absolute Gasteiger partial charge is 0.193 e. The quantitative estimate of drug-likeness (QED) is 0.483. The summed E-state index contributed by atoms with van der Waals surface area (Å²) < 4.78 is 0. The second kappa shape index (κ2) is 8.86. The fourth-order valence-electron chi connectivity index (χ4n) is 7.05. The minimum absolute atomic E-state index is 0.117. The number of rotatable bonds is 2. The Morgan fingerprint density at radius 1 is 0.947 bits per heavy atom. The first-order valence-electron chi connectivity index (χ1n) is 14.4. The summed E-state index contributed by atoms with van der Waals surface area (Å²) in [7, 11) is 0. The van der Waals surface area contributed by atoms with Crippen molar-refractivity contribution in [2.75, 3.05) is 31.1 Å². The van der Waals surface area contributed by atoms with E-state index in [1.54, 1.807) is 0 Å². The molecular formula is C34H35N3O. The first-order valence-corrected chi connectivity index (χ1v) is 14.4. The first kappa shape index (κ1) is 23.8. The van der Waals surface area contributed by atoms with E-state index in [2.05, 4.69) is 53.7 Å². The number of piperazine rings is 1. The van der Waals surface area contributed by atoms with E-state index in [1.165, 1.54) is 49.8 Å². The molecule has 0 bridgehead atoms. The van der Waals surface area contributed by atoms with Gasteiger partial charge >= 0.3 is 0 Å². The molecule has 0 spiro atoms. The Kier molecular flexibility index (Phi) is 5.54. The van der Waals surface area contributed by atoms with Gasteiger partial charge in [-0.15, -0.1) is 0 Å². The molecule has 2 aromatic rings. The number of allylic oxidation sites excluding steroid dienone is 2. The molecule has 1 saturated heterocycles. The lowest BCUT2D eigenvalue weighted by molar-refractivity contribution is 0.105. The van der Waals surface area contributed by atoms with Gasteiger partial charge in [0.05, 0.1) is 17.3 Å². The lowest BCUT2D eigenvalue weighted by Crippen LogP contribution is -2.52. The van der Waals surface area contributed by atoms with Crippen molar-refractivity contribution in [2.24, 2.45) is 5.92 Å². The summed E-state index contributed by atoms with van der Waals surface area (Å²) >= 11 is 0. The first-order chi connectivity index (χ1) is 18.4. The highest BCUT2D eigenvalue weighted by atomic mass is 16.1. The highest BCUT2D eigenvalue weighted by molar-refractivity contribution is 6.33. The molecule has 0 radical (unpaired) electrons. The topological polar surface area (TPSA) is 47.3 Å². The third-order valence-electron chi connectivity index (χ3n) is 9.97. The zero-order chi connectivity index (χ0) is 26.0. The van der Waals surface area contributed by atoms with E-state index in [1.807, 2.05) is 18.2 Å². The van der Waals surface area contributed by atoms with Crippen LogP contribution in [0.15, 0.2) is 35.9 Å². The summed E-state index contributed by atoms with van der Waals surface area (Å²) in [5.74, 6) is 7.70. The van der Waals surface area contributed by atoms with Crippen LogP contribution in [0.4, 0.5) is 5.69 Å². The van der Waals surface area contributed by atoms with Gasteiger partial charge in [0.2, 0.25) is 0 Å². The predicted octanol–water partition coefficient (Wildman–Crippen LogP) is 5.87. The van der Waals surface area contributed by atoms with E-state index < -0.39 is 0 Å². The van der Waals surface area contributed by atoms with E-state index in [4.69, 9.17) is 0 Å². The van der Waals surface area contributed by atoms with E-state index >= 15 is 0 Å². The molecule has 2 aromatic carbocycles. The van der Waals surface area contributed by atoms with Crippen molar-refractivity contribution in [3.63, 3.8) is 0 Å². The van der Waals surface area contributed by atoms with Gasteiger partial charge in [-0.3, -0.25) is 9.69 Å². The summed E-state index contributed by atoms with van der Waals surface area (Å²) in [6.45, 7) is 8.76. The average Bonchev–Trinajstić information content (AvgIpc) is 3.26. The second-order valence-corrected chi connectivity index (χ2v) is 12.4. The maximum Gasteiger partial charge on any atom is 0.193 e. The summed E-state index contributed by atoms with van der Waals surface area (Å²) in [5.41, 5.74) is 8.67. The highest BCUT2D eigenvalue weighted by Crippen LogP contribution is 2.51. The molecule has 4 nitrogen and oxygen atoms in total. The Hall–Kier alpha value is -3.34. The Morgan fingerprint density at radius 3 is 2.37 bits per heavy atom. The molecule has 0 aromatic heterocycles. The molecule has 4 heteroatoms. The van der Waals surface area contributed by atoms with E-state index in [0.29, 0.717) is 11.5 Å². The zero-order valence-electron chi connectivity index (χ0n) is 22.6. The van der Waals surface area contributed by atoms with Crippen LogP contribution in [0.1, 0.15) is 90.5 Å². The van der Waals surface area contributed by atoms with Gasteiger partial charge in [-0.05, 0) is 78.6 Å². The molecule has 2 saturated carbocycles. The average molecular weight is 502 g/mol. The molecule has 38 heavy (non-hydrogen) atoms. The SMILES string of the molecule is CC1(C)C2=C(C(=O)c3cc(C#CC4CCC4)c(N4CCN(C5CCC5)CC4)cc31)c1ccc(C#N)cc1C2. The summed E-state index contributed by atoms with van der Waals surface area (Å²) in [6.07, 6.45) is 8.46. The van der Waals surface area contributed by atoms with Crippen molar-refractivity contribution in [2.45, 2.75) is 70.3 Å². The van der Waals surface area contributed by atoms with Crippen LogP contribution in [-0.4, -0.2) is 42.9 Å². The van der Waals surface area contributed by atoms with Gasteiger partial charge < -0.3 is 4.90 Å². The summed E-state index contributed by atoms with van der Waals surface area (Å²) in [6, 6.07) is 13.2. The molecule has 0 amide bonds. The number of nitrogens with zero attached hydrogens (tertiary/aromatic N) is 3. The number of fused-ring (bicyclic) bond motifs is 3. The van der Waals surface area contributed by atoms with E-state index in [0.717, 1.165) is 72.0 Å². The molecule has 192 valence electrons. The third-order valence-corrected chi connectivity index (χ3v) is 9.97. The fourth-order valence-corrected chi connectivity index (χ4v) is 7.05. The van der Waals surface area contributed by atoms with Crippen LogP contribution in [0.5, 0.6) is 0 Å². The standard InChI is InChI=1S/C34H35N3O/c1-34(2)29-20-31(37-15-13-36(14-16-37)26-7-4-8-26)24(11-9-22-5-3-6-22)18-28(29)33(38)32-27-12-10-23(21-35)17-25(27)19-30(32)34/h10,12,17-18,20,22,26H,3-8,13-16,19H2,1-2H3. The van der Waals surface area contributed by atoms with Gasteiger partial charge in [-0.25, -0.2) is 0 Å². The fraction of sp³-hybridized carbons (Fsp3) is 0.471. The maximum absolute atomic E-state index is 14.1. The van der Waals surface area contributed by atoms with Crippen molar-refractivity contribution < 1.29 is 4.79 Å². The number of benzene rings is 2. The number of anilines is 1. The van der Waals surface area contributed by atoms with Crippen molar-refractivity contribution in [1.82, 2.24) is 4.90 Å². The molecule has 5 aliphatic rings. The summed E-state index contributed by atoms with van der Waals surface area (Å²) in [4.78, 5) is 19.3. The zero-order valence-corrected chi connectivity index (χ0v) is 22.6. The molecule has 7 rings (SSSR count). The van der Waals surface area contributed by atoms with Gasteiger partial charge in [0, 0.05) is 60.3 Å². The number of hydrogen-bond acceptors (Lipinski definition) is 4. The van der Waals surface area contributed by atoms with Crippen LogP contribution >= 0.6 is 0 Å². The molecule has 0 unspecified atom stereocenters. The van der Waals surface area contributed by atoms with Crippen LogP contribution in [0.2, 0.25) is 0 Å². The van der Waals surface area contributed by atoms with Gasteiger partial charge in [-0.2, -0.15) is 5.26 Å². The predicted molar refractivity (Wildman–Crippen MR) is 151 cm³/mol. The van der Waals surface area contributed by atoms with Crippen molar-refractivity contribution in [3.05, 3.63) is 69.3 Å². The Labute approximate surface area is 226 Å². The Morgan fingerprint density at radius 2 is 1.71 bits per heavy atom. The number of hydrogen-bond donors (Lipinski definition) is 0. The number of nitriles is 1. The lowest BCUT2D eigenvalue weighted by atomic mass is 9.68. The molecule has 1 heterocycles. The minimum atomic E-state index is -0.271. The van der Waals surface area contributed by atoms with Gasteiger partial charge in [0.1, 0.15) is 0 Å². The molecular weight excluding hydrogens is 466 g/mol. The van der Waals surface area contributed by atoms with Gasteiger partial charge in [0.15, 0.2) is 5.78 Å². The number of Topliss-reactive ketones (excluding diaryl/α,β-unsaturated/α-hetero) is 1. The van der Waals surface area contributed by atoms with E-state index in [9.17, 15) is 10.1 Å². The number of carbonyl (C=O) groups is 1. The number of carbonyl (C=O) groups excluding carboxylic acids is 1. The van der Waals surface area contributed by atoms with Crippen molar-refractivity contribution >= 4 is 17.0 Å². The molecule has 3 fully saturated rings. The van der Waals surface area contributed by atoms with Crippen molar-refractivity contribution in [3.8, 4) is 17.9 Å². The lowest BCUT2D eigenvalue weighted by Gasteiger charge is -2.44. The Balaban J connectivity index is 1.29. The minimum Gasteiger partial charge on any atom is -0.368 e. The monoisotopic (exact) mass is 501 g/mol. The summed E-state index contributed by atoms with van der Waals surface area (Å²) in [5, 5.41) is 9.43. The molecule has 1 aliphatic heterocycles. The van der Waals surface area contributed by atoms with Crippen LogP contribution in [0.25, 0.3) is 5.57 Å². The van der Waals surface area contributed by atoms with Gasteiger partial charge in [0.25, 0.3) is 0 Å². The highest BCUT2D eigenvalue weighted by Gasteiger charge is 2.43. The largest absolute Gasteiger partial charge is 0.368 e. The molecule has 0 N–H and O–H groups in total. The van der Waals surface area contributed by atoms with Gasteiger partial charge in [-0.1, -0.05) is 44.6 Å². The van der Waals surface area contributed by atoms with Crippen LogP contribution in [-0.2, 0) is 11.8 Å². The van der Waals surface area contributed by atoms with Crippen molar-refractivity contribution in [1.29, 1.82) is 5.26 Å². The third kappa shape index (κ3) is 3.65. The number of ketones is 1. The van der Waals surface area contributed by atoms with Crippen LogP contribution in [0, 0.1) is 29.1 Å². The second-order valence-electron chi connectivity index (χ2n) is 12.4. The van der Waals surface area contributed by atoms with E-state index in [-0.39, 0.29) is 11.2 Å². The maximum atomic E-state index is 14.1. The van der Waals surface area contributed by atoms with Crippen LogP contribution in [0.3, 0.4) is 0 Å².